The van der Waals surface area contributed by atoms with E-state index in [1.54, 1.807) is 0 Å². The van der Waals surface area contributed by atoms with Crippen molar-refractivity contribution in [2.45, 2.75) is 310 Å². The number of hydrogen-bond acceptors (Lipinski definition) is 4. The van der Waals surface area contributed by atoms with E-state index >= 15 is 0 Å². The second-order valence-corrected chi connectivity index (χ2v) is 21.3. The van der Waals surface area contributed by atoms with Crippen LogP contribution in [0.3, 0.4) is 0 Å². The van der Waals surface area contributed by atoms with Crippen molar-refractivity contribution in [1.82, 2.24) is 0 Å². The van der Waals surface area contributed by atoms with Crippen molar-refractivity contribution in [1.29, 1.82) is 0 Å². The smallest absolute Gasteiger partial charge is 0.850 e. The maximum absolute atomic E-state index is 9.29. The minimum atomic E-state index is -3.72. The third-order valence-electron chi connectivity index (χ3n) is 10.8. The van der Waals surface area contributed by atoms with E-state index in [-0.39, 0.29) is 58.4 Å². The molecule has 0 atom stereocenters. The van der Waals surface area contributed by atoms with Crippen LogP contribution in [0.4, 0.5) is 0 Å². The molecule has 0 saturated carbocycles. The van der Waals surface area contributed by atoms with Gasteiger partial charge in [-0.3, -0.25) is 0 Å². The molecule has 0 aromatic rings. The Morgan fingerprint density at radius 2 is 0.373 bits per heavy atom. The van der Waals surface area contributed by atoms with Gasteiger partial charge in [0, 0.05) is 0 Å². The molecular formula is C51H105O2PS2Zn3. The molecule has 0 aliphatic carbocycles. The summed E-state index contributed by atoms with van der Waals surface area (Å²) in [6, 6.07) is 0. The summed E-state index contributed by atoms with van der Waals surface area (Å²) in [4.78, 5) is 18.6. The summed E-state index contributed by atoms with van der Waals surface area (Å²) in [5.41, 5.74) is -3.72. The Balaban J connectivity index is -0.000000127. The summed E-state index contributed by atoms with van der Waals surface area (Å²) in [6.07, 6.45) is 64.0. The Bertz CT molecular complexity index is 551. The van der Waals surface area contributed by atoms with E-state index in [1.165, 1.54) is 270 Å². The van der Waals surface area contributed by atoms with E-state index in [2.05, 4.69) is 65.6 Å². The van der Waals surface area contributed by atoms with Crippen LogP contribution in [0.5, 0.6) is 0 Å². The van der Waals surface area contributed by atoms with Gasteiger partial charge in [-0.1, -0.05) is 290 Å². The van der Waals surface area contributed by atoms with E-state index in [1.807, 2.05) is 0 Å². The Labute approximate surface area is 424 Å². The minimum absolute atomic E-state index is 0. The fourth-order valence-electron chi connectivity index (χ4n) is 7.11. The van der Waals surface area contributed by atoms with Gasteiger partial charge in [0.05, 0.1) is 0 Å². The van der Waals surface area contributed by atoms with Crippen molar-refractivity contribution in [2.75, 3.05) is 0 Å². The van der Waals surface area contributed by atoms with Crippen LogP contribution in [-0.2, 0) is 82.5 Å². The Morgan fingerprint density at radius 1 is 0.288 bits per heavy atom. The van der Waals surface area contributed by atoms with Gasteiger partial charge < -0.3 is 48.5 Å². The SMILES string of the molecule is [CH2-]CCCCCCCCCCCCCCCC.[CH2-]CCCCCCCCCCCCCCCC.[CH2-]CCCCCCCCCCCCCCCC.[O-]P([O-])(=S)[S-].[Zn+2].[Zn+2].[Zn+2]. The van der Waals surface area contributed by atoms with Crippen LogP contribution in [-0.4, -0.2) is 0 Å². The van der Waals surface area contributed by atoms with Crippen molar-refractivity contribution in [2.24, 2.45) is 0 Å². The molecule has 2 nitrogen and oxygen atoms in total. The molecule has 0 saturated heterocycles. The Kier molecular flexibility index (Phi) is 96.8. The third kappa shape index (κ3) is 105. The molecule has 8 heteroatoms. The monoisotopic (exact) mass is 1040 g/mol. The molecule has 0 fully saturated rings. The summed E-state index contributed by atoms with van der Waals surface area (Å²) in [7, 11) is 0. The van der Waals surface area contributed by atoms with Gasteiger partial charge in [0.2, 0.25) is 0 Å². The molecule has 0 spiro atoms. The van der Waals surface area contributed by atoms with Gasteiger partial charge in [-0.25, -0.2) is 0 Å². The number of rotatable bonds is 42. The minimum Gasteiger partial charge on any atom is -0.850 e. The standard InChI is InChI=1S/3C17H35.H3O2PS2.3Zn/c3*1-3-5-7-9-11-13-15-17-16-14-12-10-8-6-4-2;1-3(2,4)5;;;/h3*1,3-17H2,2H3;(H3,1,2,4,5);;;/q3*-1;;3*+2/p-3. The predicted octanol–water partition coefficient (Wildman–Crippen LogP) is 18.5. The summed E-state index contributed by atoms with van der Waals surface area (Å²) in [6.45, 7) is 18.5. The van der Waals surface area contributed by atoms with Crippen LogP contribution < -0.4 is 9.79 Å². The van der Waals surface area contributed by atoms with E-state index in [9.17, 15) is 9.79 Å². The quantitative estimate of drug-likeness (QED) is 0.0201. The maximum atomic E-state index is 9.29. The second kappa shape index (κ2) is 75.1. The molecule has 0 aliphatic rings. The molecule has 0 aromatic heterocycles. The molecular weight excluding hydrogens is 936 g/mol. The van der Waals surface area contributed by atoms with E-state index < -0.39 is 5.69 Å². The first-order valence-corrected chi connectivity index (χ1v) is 29.0. The first-order chi connectivity index (χ1) is 27.2. The summed E-state index contributed by atoms with van der Waals surface area (Å²) in [5, 5.41) is 0. The van der Waals surface area contributed by atoms with Gasteiger partial charge in [-0.2, -0.15) is 31.1 Å². The first-order valence-electron chi connectivity index (χ1n) is 25.4. The molecule has 0 amide bonds. The first kappa shape index (κ1) is 76.1. The topological polar surface area (TPSA) is 46.1 Å². The van der Waals surface area contributed by atoms with Gasteiger partial charge in [-0.15, -0.1) is 0 Å². The van der Waals surface area contributed by atoms with Crippen LogP contribution in [0, 0.1) is 20.8 Å². The average molecular weight is 1040 g/mol. The summed E-state index contributed by atoms with van der Waals surface area (Å²) < 4.78 is 0. The molecule has 0 rings (SSSR count). The van der Waals surface area contributed by atoms with Crippen molar-refractivity contribution in [3.63, 3.8) is 0 Å². The molecule has 0 aromatic carbocycles. The van der Waals surface area contributed by atoms with Crippen LogP contribution in [0.25, 0.3) is 0 Å². The predicted molar refractivity (Wildman–Crippen MR) is 263 cm³/mol. The Hall–Kier alpha value is 2.79. The van der Waals surface area contributed by atoms with E-state index in [0.29, 0.717) is 0 Å². The van der Waals surface area contributed by atoms with Crippen LogP contribution in [0.1, 0.15) is 310 Å². The maximum Gasteiger partial charge on any atom is 2.00 e. The van der Waals surface area contributed by atoms with E-state index in [0.717, 1.165) is 19.3 Å². The van der Waals surface area contributed by atoms with Gasteiger partial charge in [0.25, 0.3) is 0 Å². The molecule has 344 valence electrons. The molecule has 0 aliphatic heterocycles. The normalized spacial score (nSPS) is 10.5. The van der Waals surface area contributed by atoms with Gasteiger partial charge >= 0.3 is 58.4 Å². The van der Waals surface area contributed by atoms with Crippen molar-refractivity contribution >= 4 is 29.7 Å². The zero-order chi connectivity index (χ0) is 42.3. The van der Waals surface area contributed by atoms with Crippen LogP contribution in [0.15, 0.2) is 0 Å². The molecule has 0 radical (unpaired) electrons. The molecule has 59 heavy (non-hydrogen) atoms. The molecule has 0 heterocycles. The van der Waals surface area contributed by atoms with Gasteiger partial charge in [0.1, 0.15) is 0 Å². The second-order valence-electron chi connectivity index (χ2n) is 16.8. The fraction of sp³-hybridized carbons (Fsp3) is 0.941. The Morgan fingerprint density at radius 3 is 0.458 bits per heavy atom. The van der Waals surface area contributed by atoms with Gasteiger partial charge in [-0.05, 0) is 0 Å². The molecule has 0 bridgehead atoms. The average Bonchev–Trinajstić information content (AvgIpc) is 3.17. The van der Waals surface area contributed by atoms with Crippen molar-refractivity contribution in [3.8, 4) is 0 Å². The van der Waals surface area contributed by atoms with Crippen LogP contribution >= 0.6 is 5.69 Å². The third-order valence-corrected chi connectivity index (χ3v) is 10.8. The molecule has 0 unspecified atom stereocenters. The summed E-state index contributed by atoms with van der Waals surface area (Å²) >= 11 is 7.28. The number of unbranched alkanes of at least 4 members (excludes halogenated alkanes) is 42. The number of hydrogen-bond donors (Lipinski definition) is 0. The zero-order valence-electron chi connectivity index (χ0n) is 41.1. The van der Waals surface area contributed by atoms with Crippen molar-refractivity contribution in [3.05, 3.63) is 20.8 Å². The van der Waals surface area contributed by atoms with E-state index in [4.69, 9.17) is 0 Å². The summed E-state index contributed by atoms with van der Waals surface area (Å²) in [5.74, 6) is 0. The molecule has 0 N–H and O–H groups in total. The largest absolute Gasteiger partial charge is 2.00 e. The van der Waals surface area contributed by atoms with Crippen molar-refractivity contribution < 1.29 is 68.2 Å². The van der Waals surface area contributed by atoms with Crippen LogP contribution in [0.2, 0.25) is 0 Å². The van der Waals surface area contributed by atoms with Gasteiger partial charge in [0.15, 0.2) is 0 Å². The zero-order valence-corrected chi connectivity index (χ0v) is 52.6. The fourth-order valence-corrected chi connectivity index (χ4v) is 7.11.